The number of benzene rings is 2. The smallest absolute Gasteiger partial charge is 0.341 e. The average Bonchev–Trinajstić information content (AvgIpc) is 2.75. The lowest BCUT2D eigenvalue weighted by atomic mass is 10.1. The van der Waals surface area contributed by atoms with Crippen LogP contribution in [0.5, 0.6) is 5.75 Å². The van der Waals surface area contributed by atoms with E-state index in [2.05, 4.69) is 9.71 Å². The molecule has 3 aromatic rings. The first-order valence-corrected chi connectivity index (χ1v) is 11.1. The van der Waals surface area contributed by atoms with Crippen LogP contribution in [-0.2, 0) is 14.8 Å². The van der Waals surface area contributed by atoms with Crippen LogP contribution in [0.2, 0.25) is 0 Å². The van der Waals surface area contributed by atoms with Crippen LogP contribution in [0.15, 0.2) is 59.6 Å². The minimum Gasteiger partial charge on any atom is -0.507 e. The van der Waals surface area contributed by atoms with Gasteiger partial charge >= 0.3 is 5.97 Å². The Kier molecular flexibility index (Phi) is 6.89. The summed E-state index contributed by atoms with van der Waals surface area (Å²) in [5, 5.41) is 9.80. The zero-order valence-electron chi connectivity index (χ0n) is 17.4. The van der Waals surface area contributed by atoms with Gasteiger partial charge in [-0.15, -0.1) is 0 Å². The van der Waals surface area contributed by atoms with Gasteiger partial charge in [0.05, 0.1) is 11.5 Å². The first-order valence-electron chi connectivity index (χ1n) is 9.63. The number of aromatic nitrogens is 1. The molecule has 0 aliphatic carbocycles. The molecule has 166 valence electrons. The van der Waals surface area contributed by atoms with E-state index in [1.165, 1.54) is 30.5 Å². The van der Waals surface area contributed by atoms with Crippen molar-refractivity contribution < 1.29 is 27.4 Å². The third kappa shape index (κ3) is 5.30. The summed E-state index contributed by atoms with van der Waals surface area (Å²) in [5.74, 6) is -1.74. The van der Waals surface area contributed by atoms with Crippen LogP contribution in [0.25, 0.3) is 12.2 Å². The number of phenolic OH excluding ortho intramolecular Hbond substituents is 1. The van der Waals surface area contributed by atoms with E-state index in [0.717, 1.165) is 6.07 Å². The Labute approximate surface area is 185 Å². The van der Waals surface area contributed by atoms with Gasteiger partial charge in [0.25, 0.3) is 10.0 Å². The molecule has 0 unspecified atom stereocenters. The highest BCUT2D eigenvalue weighted by Crippen LogP contribution is 2.24. The zero-order valence-corrected chi connectivity index (χ0v) is 18.2. The standard InChI is InChI=1S/C23H21FN2O5S/c1-3-31-23(28)19-13-17(20(24)14-21(19)27)9-6-16-7-10-18(11-8-16)32(29,30)26-22-15(2)5-4-12-25-22/h4-14,27H,3H2,1-2H3,(H,25,26). The summed E-state index contributed by atoms with van der Waals surface area (Å²) in [6.07, 6.45) is 4.46. The fourth-order valence-electron chi connectivity index (χ4n) is 2.80. The summed E-state index contributed by atoms with van der Waals surface area (Å²) >= 11 is 0. The number of sulfonamides is 1. The molecule has 0 bridgehead atoms. The van der Waals surface area contributed by atoms with Crippen LogP contribution >= 0.6 is 0 Å². The van der Waals surface area contributed by atoms with Crippen LogP contribution < -0.4 is 4.72 Å². The van der Waals surface area contributed by atoms with Gasteiger partial charge in [-0.3, -0.25) is 4.72 Å². The average molecular weight is 456 g/mol. The monoisotopic (exact) mass is 456 g/mol. The van der Waals surface area contributed by atoms with Crippen molar-refractivity contribution in [1.82, 2.24) is 4.98 Å². The van der Waals surface area contributed by atoms with Crippen LogP contribution in [0, 0.1) is 12.7 Å². The first-order chi connectivity index (χ1) is 15.2. The lowest BCUT2D eigenvalue weighted by molar-refractivity contribution is 0.0523. The molecular weight excluding hydrogens is 435 g/mol. The number of phenols is 1. The summed E-state index contributed by atoms with van der Waals surface area (Å²) in [6.45, 7) is 3.48. The number of aryl methyl sites for hydroxylation is 1. The number of nitrogens with zero attached hydrogens (tertiary/aromatic N) is 1. The maximum Gasteiger partial charge on any atom is 0.341 e. The number of aromatic hydroxyl groups is 1. The van der Waals surface area contributed by atoms with Gasteiger partial charge in [0, 0.05) is 17.8 Å². The number of ether oxygens (including phenoxy) is 1. The summed E-state index contributed by atoms with van der Waals surface area (Å²) < 4.78 is 46.7. The Morgan fingerprint density at radius 1 is 1.19 bits per heavy atom. The molecule has 32 heavy (non-hydrogen) atoms. The second-order valence-corrected chi connectivity index (χ2v) is 8.47. The van der Waals surface area contributed by atoms with Crippen LogP contribution in [0.3, 0.4) is 0 Å². The van der Waals surface area contributed by atoms with Gasteiger partial charge in [-0.2, -0.15) is 0 Å². The van der Waals surface area contributed by atoms with E-state index in [-0.39, 0.29) is 28.4 Å². The molecule has 0 amide bonds. The third-order valence-corrected chi connectivity index (χ3v) is 5.85. The van der Waals surface area contributed by atoms with Gasteiger partial charge in [0.2, 0.25) is 0 Å². The van der Waals surface area contributed by atoms with Crippen LogP contribution in [0.4, 0.5) is 10.2 Å². The number of nitrogens with one attached hydrogen (secondary N) is 1. The van der Waals surface area contributed by atoms with Crippen LogP contribution in [0.1, 0.15) is 34.0 Å². The van der Waals surface area contributed by atoms with E-state index in [9.17, 15) is 22.7 Å². The molecule has 0 radical (unpaired) electrons. The third-order valence-electron chi connectivity index (χ3n) is 4.50. The quantitative estimate of drug-likeness (QED) is 0.404. The number of pyridine rings is 1. The summed E-state index contributed by atoms with van der Waals surface area (Å²) in [7, 11) is -3.83. The maximum absolute atomic E-state index is 14.2. The van der Waals surface area contributed by atoms with Gasteiger partial charge in [-0.05, 0) is 49.2 Å². The predicted octanol–water partition coefficient (Wildman–Crippen LogP) is 4.38. The second-order valence-electron chi connectivity index (χ2n) is 6.79. The lowest BCUT2D eigenvalue weighted by Gasteiger charge is -2.09. The molecule has 0 saturated carbocycles. The Bertz CT molecular complexity index is 1270. The number of esters is 1. The molecule has 2 N–H and O–H groups in total. The number of hydrogen-bond acceptors (Lipinski definition) is 6. The number of halogens is 1. The summed E-state index contributed by atoms with van der Waals surface area (Å²) in [4.78, 5) is 16.0. The highest BCUT2D eigenvalue weighted by atomic mass is 32.2. The molecule has 2 aromatic carbocycles. The van der Waals surface area contributed by atoms with Crippen molar-refractivity contribution in [3.05, 3.63) is 82.8 Å². The molecule has 9 heteroatoms. The topological polar surface area (TPSA) is 106 Å². The summed E-state index contributed by atoms with van der Waals surface area (Å²) in [6, 6.07) is 11.4. The molecule has 0 spiro atoms. The van der Waals surface area contributed by atoms with Crippen molar-refractivity contribution in [3.8, 4) is 5.75 Å². The van der Waals surface area contributed by atoms with Crippen molar-refractivity contribution >= 4 is 34.0 Å². The minimum atomic E-state index is -3.83. The highest BCUT2D eigenvalue weighted by molar-refractivity contribution is 7.92. The van der Waals surface area contributed by atoms with Gasteiger partial charge in [0.15, 0.2) is 0 Å². The number of carbonyl (C=O) groups is 1. The molecule has 0 aliphatic heterocycles. The Balaban J connectivity index is 1.81. The fourth-order valence-corrected chi connectivity index (χ4v) is 3.88. The Morgan fingerprint density at radius 3 is 2.56 bits per heavy atom. The molecule has 3 rings (SSSR count). The SMILES string of the molecule is CCOC(=O)c1cc(C=Cc2ccc(S(=O)(=O)Nc3ncccc3C)cc2)c(F)cc1O. The van der Waals surface area contributed by atoms with Gasteiger partial charge in [0.1, 0.15) is 22.9 Å². The molecule has 0 saturated heterocycles. The molecular formula is C23H21FN2O5S. The molecule has 0 aliphatic rings. The number of anilines is 1. The number of hydrogen-bond donors (Lipinski definition) is 2. The van der Waals surface area contributed by atoms with Gasteiger partial charge in [-0.25, -0.2) is 22.6 Å². The highest BCUT2D eigenvalue weighted by Gasteiger charge is 2.17. The normalized spacial score (nSPS) is 11.5. The minimum absolute atomic E-state index is 0.0418. The number of rotatable bonds is 7. The summed E-state index contributed by atoms with van der Waals surface area (Å²) in [5.41, 5.74) is 1.21. The second kappa shape index (κ2) is 9.61. The maximum atomic E-state index is 14.2. The fraction of sp³-hybridized carbons (Fsp3) is 0.130. The Hall–Kier alpha value is -3.72. The largest absolute Gasteiger partial charge is 0.507 e. The number of carbonyl (C=O) groups excluding carboxylic acids is 1. The van der Waals surface area contributed by atoms with Crippen molar-refractivity contribution in [2.45, 2.75) is 18.7 Å². The van der Waals surface area contributed by atoms with E-state index in [1.54, 1.807) is 44.2 Å². The van der Waals surface area contributed by atoms with E-state index in [1.807, 2.05) is 0 Å². The van der Waals surface area contributed by atoms with E-state index < -0.39 is 27.6 Å². The molecule has 1 heterocycles. The van der Waals surface area contributed by atoms with Gasteiger partial charge in [-0.1, -0.05) is 30.4 Å². The van der Waals surface area contributed by atoms with E-state index >= 15 is 0 Å². The van der Waals surface area contributed by atoms with Gasteiger partial charge < -0.3 is 9.84 Å². The molecule has 1 aromatic heterocycles. The van der Waals surface area contributed by atoms with Crippen molar-refractivity contribution in [1.29, 1.82) is 0 Å². The lowest BCUT2D eigenvalue weighted by Crippen LogP contribution is -2.14. The Morgan fingerprint density at radius 2 is 1.91 bits per heavy atom. The van der Waals surface area contributed by atoms with E-state index in [0.29, 0.717) is 11.1 Å². The van der Waals surface area contributed by atoms with E-state index in [4.69, 9.17) is 4.74 Å². The van der Waals surface area contributed by atoms with Crippen molar-refractivity contribution in [3.63, 3.8) is 0 Å². The molecule has 0 atom stereocenters. The predicted molar refractivity (Wildman–Crippen MR) is 119 cm³/mol. The molecule has 7 nitrogen and oxygen atoms in total. The first kappa shape index (κ1) is 23.0. The van der Waals surface area contributed by atoms with Crippen molar-refractivity contribution in [2.24, 2.45) is 0 Å². The zero-order chi connectivity index (χ0) is 23.3. The van der Waals surface area contributed by atoms with Crippen LogP contribution in [-0.4, -0.2) is 31.1 Å². The van der Waals surface area contributed by atoms with Crippen molar-refractivity contribution in [2.75, 3.05) is 11.3 Å². The molecule has 0 fully saturated rings.